The lowest BCUT2D eigenvalue weighted by Crippen LogP contribution is -2.32. The SMILES string of the molecule is COCCN1C(=O)C(=O)C(=C(O)c2ccccc2)C1c1ccc(C(C)C)cc1. The summed E-state index contributed by atoms with van der Waals surface area (Å²) in [6.45, 7) is 4.78. The number of hydrogen-bond donors (Lipinski definition) is 1. The molecule has 0 aliphatic carbocycles. The van der Waals surface area contributed by atoms with E-state index in [4.69, 9.17) is 4.74 Å². The van der Waals surface area contributed by atoms with Crippen molar-refractivity contribution in [2.24, 2.45) is 0 Å². The molecule has 5 nitrogen and oxygen atoms in total. The van der Waals surface area contributed by atoms with Crippen LogP contribution in [0.25, 0.3) is 5.76 Å². The molecule has 2 aromatic rings. The molecule has 28 heavy (non-hydrogen) atoms. The molecule has 0 spiro atoms. The molecule has 3 rings (SSSR count). The van der Waals surface area contributed by atoms with Gasteiger partial charge in [-0.3, -0.25) is 9.59 Å². The molecule has 1 aliphatic rings. The molecule has 1 aliphatic heterocycles. The van der Waals surface area contributed by atoms with Crippen molar-refractivity contribution < 1.29 is 19.4 Å². The van der Waals surface area contributed by atoms with Crippen molar-refractivity contribution in [2.75, 3.05) is 20.3 Å². The van der Waals surface area contributed by atoms with Gasteiger partial charge in [0.1, 0.15) is 5.76 Å². The molecule has 146 valence electrons. The topological polar surface area (TPSA) is 66.8 Å². The first kappa shape index (κ1) is 19.8. The molecule has 1 amide bonds. The number of ketones is 1. The monoisotopic (exact) mass is 379 g/mol. The number of rotatable bonds is 6. The summed E-state index contributed by atoms with van der Waals surface area (Å²) in [5, 5.41) is 10.9. The molecule has 0 bridgehead atoms. The van der Waals surface area contributed by atoms with Gasteiger partial charge >= 0.3 is 0 Å². The molecule has 2 aromatic carbocycles. The average Bonchev–Trinajstić information content (AvgIpc) is 2.97. The summed E-state index contributed by atoms with van der Waals surface area (Å²) in [5.41, 5.74) is 2.58. The molecule has 1 atom stereocenters. The predicted octanol–water partition coefficient (Wildman–Crippen LogP) is 3.88. The normalized spacial score (nSPS) is 18.9. The first-order chi connectivity index (χ1) is 13.5. The van der Waals surface area contributed by atoms with E-state index in [1.807, 2.05) is 30.3 Å². The Bertz CT molecular complexity index is 885. The van der Waals surface area contributed by atoms with Crippen molar-refractivity contribution in [1.82, 2.24) is 4.90 Å². The minimum atomic E-state index is -0.671. The summed E-state index contributed by atoms with van der Waals surface area (Å²) in [7, 11) is 1.55. The number of benzene rings is 2. The minimum absolute atomic E-state index is 0.115. The number of likely N-dealkylation sites (tertiary alicyclic amines) is 1. The van der Waals surface area contributed by atoms with Gasteiger partial charge < -0.3 is 14.7 Å². The van der Waals surface area contributed by atoms with Gasteiger partial charge in [-0.05, 0) is 17.0 Å². The van der Waals surface area contributed by atoms with Crippen LogP contribution in [0.4, 0.5) is 0 Å². The van der Waals surface area contributed by atoms with E-state index >= 15 is 0 Å². The van der Waals surface area contributed by atoms with Gasteiger partial charge in [0.2, 0.25) is 0 Å². The Labute approximate surface area is 165 Å². The highest BCUT2D eigenvalue weighted by atomic mass is 16.5. The van der Waals surface area contributed by atoms with Crippen molar-refractivity contribution in [2.45, 2.75) is 25.8 Å². The third-order valence-electron chi connectivity index (χ3n) is 5.04. The maximum atomic E-state index is 12.8. The Balaban J connectivity index is 2.12. The molecule has 5 heteroatoms. The van der Waals surface area contributed by atoms with Crippen LogP contribution >= 0.6 is 0 Å². The second kappa shape index (κ2) is 8.40. The number of Topliss-reactive ketones (excluding diaryl/α,β-unsaturated/α-hetero) is 1. The lowest BCUT2D eigenvalue weighted by Gasteiger charge is -2.25. The van der Waals surface area contributed by atoms with Crippen molar-refractivity contribution in [3.05, 3.63) is 76.9 Å². The highest BCUT2D eigenvalue weighted by Gasteiger charge is 2.45. The van der Waals surface area contributed by atoms with Crippen LogP contribution in [0.1, 0.15) is 42.5 Å². The summed E-state index contributed by atoms with van der Waals surface area (Å²) in [4.78, 5) is 27.0. The maximum absolute atomic E-state index is 12.8. The molecule has 0 radical (unpaired) electrons. The van der Waals surface area contributed by atoms with Crippen molar-refractivity contribution in [3.8, 4) is 0 Å². The second-order valence-electron chi connectivity index (χ2n) is 7.17. The van der Waals surface area contributed by atoms with Crippen LogP contribution in [-0.2, 0) is 14.3 Å². The quantitative estimate of drug-likeness (QED) is 0.470. The number of ether oxygens (including phenoxy) is 1. The Hall–Kier alpha value is -2.92. The van der Waals surface area contributed by atoms with Crippen LogP contribution in [0, 0.1) is 0 Å². The zero-order chi connectivity index (χ0) is 20.3. The first-order valence-electron chi connectivity index (χ1n) is 9.38. The van der Waals surface area contributed by atoms with Crippen LogP contribution in [0.5, 0.6) is 0 Å². The van der Waals surface area contributed by atoms with Crippen molar-refractivity contribution in [3.63, 3.8) is 0 Å². The summed E-state index contributed by atoms with van der Waals surface area (Å²) in [6, 6.07) is 16.0. The summed E-state index contributed by atoms with van der Waals surface area (Å²) in [5.74, 6) is -1.07. The van der Waals surface area contributed by atoms with Crippen molar-refractivity contribution >= 4 is 17.4 Å². The van der Waals surface area contributed by atoms with Gasteiger partial charge in [-0.15, -0.1) is 0 Å². The first-order valence-corrected chi connectivity index (χ1v) is 9.38. The molecular formula is C23H25NO4. The largest absolute Gasteiger partial charge is 0.507 e. The Kier molecular flexibility index (Phi) is 5.95. The maximum Gasteiger partial charge on any atom is 0.295 e. The number of methoxy groups -OCH3 is 1. The second-order valence-corrected chi connectivity index (χ2v) is 7.17. The summed E-state index contributed by atoms with van der Waals surface area (Å²) < 4.78 is 5.12. The van der Waals surface area contributed by atoms with E-state index in [0.29, 0.717) is 18.1 Å². The molecule has 1 N–H and O–H groups in total. The lowest BCUT2D eigenvalue weighted by molar-refractivity contribution is -0.140. The Morgan fingerprint density at radius 2 is 1.71 bits per heavy atom. The molecular weight excluding hydrogens is 354 g/mol. The number of carbonyl (C=O) groups excluding carboxylic acids is 2. The van der Waals surface area contributed by atoms with Gasteiger partial charge in [0.25, 0.3) is 11.7 Å². The highest BCUT2D eigenvalue weighted by Crippen LogP contribution is 2.39. The molecule has 1 unspecified atom stereocenters. The van der Waals surface area contributed by atoms with E-state index in [2.05, 4.69) is 13.8 Å². The minimum Gasteiger partial charge on any atom is -0.507 e. The van der Waals surface area contributed by atoms with Crippen LogP contribution in [0.15, 0.2) is 60.2 Å². The van der Waals surface area contributed by atoms with Crippen LogP contribution in [-0.4, -0.2) is 42.0 Å². The van der Waals surface area contributed by atoms with Gasteiger partial charge in [-0.1, -0.05) is 68.4 Å². The molecule has 1 fully saturated rings. The van der Waals surface area contributed by atoms with Crippen LogP contribution < -0.4 is 0 Å². The number of carbonyl (C=O) groups is 2. The van der Waals surface area contributed by atoms with E-state index in [0.717, 1.165) is 5.56 Å². The van der Waals surface area contributed by atoms with Gasteiger partial charge in [0.05, 0.1) is 18.2 Å². The van der Waals surface area contributed by atoms with E-state index < -0.39 is 17.7 Å². The fourth-order valence-corrected chi connectivity index (χ4v) is 3.46. The van der Waals surface area contributed by atoms with E-state index in [1.165, 1.54) is 10.5 Å². The highest BCUT2D eigenvalue weighted by molar-refractivity contribution is 6.46. The van der Waals surface area contributed by atoms with Gasteiger partial charge in [-0.2, -0.15) is 0 Å². The van der Waals surface area contributed by atoms with Gasteiger partial charge in [0.15, 0.2) is 0 Å². The average molecular weight is 379 g/mol. The standard InChI is InChI=1S/C23H25NO4/c1-15(2)16-9-11-17(12-10-16)20-19(21(25)18-7-5-4-6-8-18)22(26)23(27)24(20)13-14-28-3/h4-12,15,20,25H,13-14H2,1-3H3. The third-order valence-corrected chi connectivity index (χ3v) is 5.04. The Morgan fingerprint density at radius 1 is 1.07 bits per heavy atom. The van der Waals surface area contributed by atoms with Crippen LogP contribution in [0.2, 0.25) is 0 Å². The molecule has 0 aromatic heterocycles. The van der Waals surface area contributed by atoms with Gasteiger partial charge in [-0.25, -0.2) is 0 Å². The van der Waals surface area contributed by atoms with E-state index in [9.17, 15) is 14.7 Å². The Morgan fingerprint density at radius 3 is 2.29 bits per heavy atom. The third kappa shape index (κ3) is 3.71. The smallest absolute Gasteiger partial charge is 0.295 e. The fraction of sp³-hybridized carbons (Fsp3) is 0.304. The van der Waals surface area contributed by atoms with E-state index in [1.54, 1.807) is 31.4 Å². The summed E-state index contributed by atoms with van der Waals surface area (Å²) >= 11 is 0. The molecule has 1 heterocycles. The van der Waals surface area contributed by atoms with E-state index in [-0.39, 0.29) is 17.9 Å². The van der Waals surface area contributed by atoms with Crippen molar-refractivity contribution in [1.29, 1.82) is 0 Å². The number of hydrogen-bond acceptors (Lipinski definition) is 4. The van der Waals surface area contributed by atoms with Crippen LogP contribution in [0.3, 0.4) is 0 Å². The zero-order valence-electron chi connectivity index (χ0n) is 16.4. The number of amides is 1. The molecule has 0 saturated carbocycles. The lowest BCUT2D eigenvalue weighted by atomic mass is 9.93. The number of aliphatic hydroxyl groups is 1. The number of nitrogens with zero attached hydrogens (tertiary/aromatic N) is 1. The van der Waals surface area contributed by atoms with Gasteiger partial charge in [0, 0.05) is 19.2 Å². The zero-order valence-corrected chi connectivity index (χ0v) is 16.4. The predicted molar refractivity (Wildman–Crippen MR) is 108 cm³/mol. The summed E-state index contributed by atoms with van der Waals surface area (Å²) in [6.07, 6.45) is 0. The number of aliphatic hydroxyl groups excluding tert-OH is 1. The molecule has 1 saturated heterocycles. The fourth-order valence-electron chi connectivity index (χ4n) is 3.46.